The second-order valence-electron chi connectivity index (χ2n) is 8.32. The van der Waals surface area contributed by atoms with Crippen LogP contribution in [-0.2, 0) is 26.0 Å². The fourth-order valence-corrected chi connectivity index (χ4v) is 4.96. The molecule has 1 saturated heterocycles. The van der Waals surface area contributed by atoms with Gasteiger partial charge in [-0.2, -0.15) is 4.31 Å². The van der Waals surface area contributed by atoms with Crippen LogP contribution in [0, 0.1) is 5.92 Å². The van der Waals surface area contributed by atoms with Gasteiger partial charge in [0, 0.05) is 37.9 Å². The van der Waals surface area contributed by atoms with Crippen LogP contribution in [-0.4, -0.2) is 51.4 Å². The molecule has 0 spiro atoms. The van der Waals surface area contributed by atoms with Crippen molar-refractivity contribution < 1.29 is 17.9 Å². The molecule has 7 heteroatoms. The highest BCUT2D eigenvalue weighted by Crippen LogP contribution is 2.19. The number of anilines is 1. The normalized spacial score (nSPS) is 15.3. The Bertz CT molecular complexity index is 996. The molecule has 2 aromatic carbocycles. The van der Waals surface area contributed by atoms with E-state index in [0.29, 0.717) is 45.1 Å². The Hall–Kier alpha value is -2.48. The summed E-state index contributed by atoms with van der Waals surface area (Å²) in [7, 11) is -3.49. The zero-order valence-corrected chi connectivity index (χ0v) is 19.6. The van der Waals surface area contributed by atoms with Crippen molar-refractivity contribution in [3.63, 3.8) is 0 Å². The fourth-order valence-electron chi connectivity index (χ4n) is 3.55. The first-order valence-corrected chi connectivity index (χ1v) is 12.5. The third kappa shape index (κ3) is 6.76. The molecule has 1 fully saturated rings. The molecule has 0 bridgehead atoms. The van der Waals surface area contributed by atoms with Gasteiger partial charge < -0.3 is 9.64 Å². The standard InChI is InChI=1S/C25H32N2O4S/c1-21(2)20-26(23-6-4-3-5-7-23)15-14-24(28)11-8-22-9-12-25(13-10-22)32(29,30)27-16-18-31-19-17-27/h3-7,9-10,12-15,21H,8,11,16-20H2,1-2H3/b15-14+. The second kappa shape index (κ2) is 11.4. The number of nitrogens with zero attached hydrogens (tertiary/aromatic N) is 2. The summed E-state index contributed by atoms with van der Waals surface area (Å²) in [5.74, 6) is 0.502. The van der Waals surface area contributed by atoms with E-state index in [-0.39, 0.29) is 10.7 Å². The van der Waals surface area contributed by atoms with Crippen LogP contribution in [0.3, 0.4) is 0 Å². The third-order valence-corrected chi connectivity index (χ3v) is 7.19. The number of para-hydroxylation sites is 1. The third-order valence-electron chi connectivity index (χ3n) is 5.28. The van der Waals surface area contributed by atoms with E-state index >= 15 is 0 Å². The van der Waals surface area contributed by atoms with Gasteiger partial charge in [0.05, 0.1) is 18.1 Å². The first kappa shape index (κ1) is 24.2. The fraction of sp³-hybridized carbons (Fsp3) is 0.400. The first-order chi connectivity index (χ1) is 15.4. The number of allylic oxidation sites excluding steroid dienone is 1. The summed E-state index contributed by atoms with van der Waals surface area (Å²) in [6.45, 7) is 6.72. The monoisotopic (exact) mass is 456 g/mol. The highest BCUT2D eigenvalue weighted by molar-refractivity contribution is 7.89. The number of carbonyl (C=O) groups excluding carboxylic acids is 1. The summed E-state index contributed by atoms with van der Waals surface area (Å²) in [5.41, 5.74) is 2.00. The van der Waals surface area contributed by atoms with E-state index in [1.807, 2.05) is 36.5 Å². The Balaban J connectivity index is 1.57. The summed E-state index contributed by atoms with van der Waals surface area (Å²) >= 11 is 0. The molecular weight excluding hydrogens is 424 g/mol. The van der Waals surface area contributed by atoms with Crippen molar-refractivity contribution in [2.75, 3.05) is 37.7 Å². The summed E-state index contributed by atoms with van der Waals surface area (Å²) in [4.78, 5) is 14.8. The van der Waals surface area contributed by atoms with Gasteiger partial charge in [-0.05, 0) is 48.2 Å². The number of ether oxygens (including phenoxy) is 1. The Morgan fingerprint density at radius 3 is 2.34 bits per heavy atom. The van der Waals surface area contributed by atoms with E-state index in [1.54, 1.807) is 30.3 Å². The average molecular weight is 457 g/mol. The van der Waals surface area contributed by atoms with E-state index < -0.39 is 10.0 Å². The van der Waals surface area contributed by atoms with Crippen molar-refractivity contribution in [3.8, 4) is 0 Å². The van der Waals surface area contributed by atoms with Crippen molar-refractivity contribution in [1.82, 2.24) is 4.31 Å². The number of ketones is 1. The van der Waals surface area contributed by atoms with Crippen molar-refractivity contribution in [3.05, 3.63) is 72.4 Å². The molecule has 0 aromatic heterocycles. The van der Waals surface area contributed by atoms with E-state index in [2.05, 4.69) is 18.7 Å². The zero-order chi connectivity index (χ0) is 23.0. The van der Waals surface area contributed by atoms with Crippen LogP contribution in [0.5, 0.6) is 0 Å². The number of carbonyl (C=O) groups is 1. The molecule has 0 N–H and O–H groups in total. The SMILES string of the molecule is CC(C)CN(/C=C/C(=O)CCc1ccc(S(=O)(=O)N2CCOCC2)cc1)c1ccccc1. The Morgan fingerprint density at radius 1 is 1.06 bits per heavy atom. The molecule has 1 heterocycles. The molecule has 172 valence electrons. The Kier molecular flexibility index (Phi) is 8.61. The molecule has 0 atom stereocenters. The van der Waals surface area contributed by atoms with Crippen LogP contribution in [0.2, 0.25) is 0 Å². The van der Waals surface area contributed by atoms with Crippen molar-refractivity contribution in [2.24, 2.45) is 5.92 Å². The van der Waals surface area contributed by atoms with Gasteiger partial charge in [0.2, 0.25) is 10.0 Å². The topological polar surface area (TPSA) is 66.9 Å². The van der Waals surface area contributed by atoms with Gasteiger partial charge in [0.25, 0.3) is 0 Å². The van der Waals surface area contributed by atoms with Crippen molar-refractivity contribution in [2.45, 2.75) is 31.6 Å². The predicted octanol–water partition coefficient (Wildman–Crippen LogP) is 3.89. The Labute approximate surface area is 191 Å². The minimum atomic E-state index is -3.49. The van der Waals surface area contributed by atoms with Gasteiger partial charge in [-0.15, -0.1) is 0 Å². The molecule has 2 aromatic rings. The van der Waals surface area contributed by atoms with Crippen LogP contribution in [0.1, 0.15) is 25.8 Å². The first-order valence-electron chi connectivity index (χ1n) is 11.1. The molecule has 6 nitrogen and oxygen atoms in total. The van der Waals surface area contributed by atoms with E-state index in [4.69, 9.17) is 4.74 Å². The largest absolute Gasteiger partial charge is 0.379 e. The summed E-state index contributed by atoms with van der Waals surface area (Å²) < 4.78 is 32.1. The Morgan fingerprint density at radius 2 is 1.72 bits per heavy atom. The summed E-state index contributed by atoms with van der Waals surface area (Å²) in [6, 6.07) is 16.8. The number of hydrogen-bond acceptors (Lipinski definition) is 5. The summed E-state index contributed by atoms with van der Waals surface area (Å²) in [6.07, 6.45) is 4.43. The maximum absolute atomic E-state index is 12.7. The molecule has 0 radical (unpaired) electrons. The number of hydrogen-bond donors (Lipinski definition) is 0. The lowest BCUT2D eigenvalue weighted by Crippen LogP contribution is -2.40. The highest BCUT2D eigenvalue weighted by atomic mass is 32.2. The molecule has 0 amide bonds. The van der Waals surface area contributed by atoms with Gasteiger partial charge >= 0.3 is 0 Å². The smallest absolute Gasteiger partial charge is 0.243 e. The minimum absolute atomic E-state index is 0.0414. The molecular formula is C25H32N2O4S. The second-order valence-corrected chi connectivity index (χ2v) is 10.3. The molecule has 0 aliphatic carbocycles. The number of morpholine rings is 1. The molecule has 3 rings (SSSR count). The van der Waals surface area contributed by atoms with Gasteiger partial charge in [-0.1, -0.05) is 44.2 Å². The average Bonchev–Trinajstić information content (AvgIpc) is 2.81. The number of benzene rings is 2. The maximum atomic E-state index is 12.7. The molecule has 0 unspecified atom stereocenters. The van der Waals surface area contributed by atoms with Crippen LogP contribution in [0.4, 0.5) is 5.69 Å². The van der Waals surface area contributed by atoms with E-state index in [0.717, 1.165) is 17.8 Å². The number of sulfonamides is 1. The molecule has 0 saturated carbocycles. The van der Waals surface area contributed by atoms with Gasteiger partial charge in [-0.25, -0.2) is 8.42 Å². The van der Waals surface area contributed by atoms with Crippen LogP contribution >= 0.6 is 0 Å². The quantitative estimate of drug-likeness (QED) is 0.508. The van der Waals surface area contributed by atoms with E-state index in [1.165, 1.54) is 4.31 Å². The number of aryl methyl sites for hydroxylation is 1. The van der Waals surface area contributed by atoms with Gasteiger partial charge in [0.1, 0.15) is 0 Å². The van der Waals surface area contributed by atoms with Gasteiger partial charge in [0.15, 0.2) is 5.78 Å². The zero-order valence-electron chi connectivity index (χ0n) is 18.8. The molecule has 1 aliphatic rings. The number of rotatable bonds is 10. The lowest BCUT2D eigenvalue weighted by molar-refractivity contribution is -0.114. The van der Waals surface area contributed by atoms with Crippen molar-refractivity contribution in [1.29, 1.82) is 0 Å². The van der Waals surface area contributed by atoms with Crippen LogP contribution < -0.4 is 4.90 Å². The maximum Gasteiger partial charge on any atom is 0.243 e. The lowest BCUT2D eigenvalue weighted by Gasteiger charge is -2.26. The van der Waals surface area contributed by atoms with Crippen LogP contribution in [0.25, 0.3) is 0 Å². The van der Waals surface area contributed by atoms with Crippen molar-refractivity contribution >= 4 is 21.5 Å². The summed E-state index contributed by atoms with van der Waals surface area (Å²) in [5, 5.41) is 0. The highest BCUT2D eigenvalue weighted by Gasteiger charge is 2.26. The van der Waals surface area contributed by atoms with Gasteiger partial charge in [-0.3, -0.25) is 4.79 Å². The minimum Gasteiger partial charge on any atom is -0.379 e. The molecule has 1 aliphatic heterocycles. The van der Waals surface area contributed by atoms with E-state index in [9.17, 15) is 13.2 Å². The van der Waals surface area contributed by atoms with Crippen LogP contribution in [0.15, 0.2) is 71.8 Å². The molecule has 32 heavy (non-hydrogen) atoms. The predicted molar refractivity (Wildman–Crippen MR) is 127 cm³/mol. The lowest BCUT2D eigenvalue weighted by atomic mass is 10.1.